The molecular formula is C23H22N4OS2. The van der Waals surface area contributed by atoms with Gasteiger partial charge in [0.25, 0.3) is 0 Å². The Labute approximate surface area is 184 Å². The zero-order chi connectivity index (χ0) is 20.9. The molecule has 4 aromatic rings. The molecule has 0 spiro atoms. The van der Waals surface area contributed by atoms with Crippen molar-refractivity contribution in [1.82, 2.24) is 19.9 Å². The Morgan fingerprint density at radius 1 is 1.10 bits per heavy atom. The summed E-state index contributed by atoms with van der Waals surface area (Å²) in [6, 6.07) is 15.9. The molecule has 2 heterocycles. The van der Waals surface area contributed by atoms with Crippen molar-refractivity contribution in [3.8, 4) is 5.69 Å². The second-order valence-corrected chi connectivity index (χ2v) is 8.74. The fraction of sp³-hybridized carbons (Fsp3) is 0.174. The molecule has 0 aliphatic carbocycles. The van der Waals surface area contributed by atoms with E-state index in [4.69, 9.17) is 0 Å². The summed E-state index contributed by atoms with van der Waals surface area (Å²) in [6.07, 6.45) is 5.46. The summed E-state index contributed by atoms with van der Waals surface area (Å²) in [5.41, 5.74) is 4.53. The molecule has 1 atom stereocenters. The van der Waals surface area contributed by atoms with Crippen LogP contribution in [0.3, 0.4) is 0 Å². The van der Waals surface area contributed by atoms with Gasteiger partial charge in [-0.2, -0.15) is 0 Å². The number of carbonyl (C=O) groups excluding carboxylic acids is 1. The number of thioether (sulfide) groups is 1. The van der Waals surface area contributed by atoms with Gasteiger partial charge >= 0.3 is 0 Å². The molecular weight excluding hydrogens is 412 g/mol. The summed E-state index contributed by atoms with van der Waals surface area (Å²) < 4.78 is 2.04. The van der Waals surface area contributed by atoms with Gasteiger partial charge in [-0.1, -0.05) is 54.2 Å². The topological polar surface area (TPSA) is 59.8 Å². The van der Waals surface area contributed by atoms with Crippen molar-refractivity contribution in [3.63, 3.8) is 0 Å². The van der Waals surface area contributed by atoms with Crippen molar-refractivity contribution in [1.29, 1.82) is 0 Å². The Bertz CT molecular complexity index is 1120. The smallest absolute Gasteiger partial charge is 0.231 e. The molecule has 0 aliphatic heterocycles. The Kier molecular flexibility index (Phi) is 6.30. The first-order chi connectivity index (χ1) is 14.6. The van der Waals surface area contributed by atoms with E-state index in [1.807, 2.05) is 52.5 Å². The number of amides is 1. The van der Waals surface area contributed by atoms with Gasteiger partial charge in [0, 0.05) is 24.0 Å². The SMILES string of the molecule is Cc1cccc(-n2ccnc2SCC(=O)NC(c2ccccc2)c2nccs2)c1C. The summed E-state index contributed by atoms with van der Waals surface area (Å²) in [7, 11) is 0. The van der Waals surface area contributed by atoms with Gasteiger partial charge in [-0.3, -0.25) is 9.36 Å². The molecule has 30 heavy (non-hydrogen) atoms. The van der Waals surface area contributed by atoms with Crippen LogP contribution in [0.2, 0.25) is 0 Å². The Morgan fingerprint density at radius 2 is 1.93 bits per heavy atom. The van der Waals surface area contributed by atoms with E-state index < -0.39 is 0 Å². The lowest BCUT2D eigenvalue weighted by atomic mass is 10.1. The van der Waals surface area contributed by atoms with Gasteiger partial charge in [-0.25, -0.2) is 9.97 Å². The first-order valence-corrected chi connectivity index (χ1v) is 11.5. The predicted molar refractivity (Wildman–Crippen MR) is 122 cm³/mol. The fourth-order valence-corrected chi connectivity index (χ4v) is 4.71. The predicted octanol–water partition coefficient (Wildman–Crippen LogP) is 4.94. The Hall–Kier alpha value is -2.90. The van der Waals surface area contributed by atoms with Crippen LogP contribution in [0, 0.1) is 13.8 Å². The van der Waals surface area contributed by atoms with Crippen molar-refractivity contribution in [2.45, 2.75) is 25.0 Å². The Morgan fingerprint density at radius 3 is 2.70 bits per heavy atom. The van der Waals surface area contributed by atoms with Crippen LogP contribution >= 0.6 is 23.1 Å². The highest BCUT2D eigenvalue weighted by atomic mass is 32.2. The average Bonchev–Trinajstić information content (AvgIpc) is 3.45. The molecule has 1 amide bonds. The van der Waals surface area contributed by atoms with E-state index in [1.54, 1.807) is 12.4 Å². The number of benzene rings is 2. The zero-order valence-corrected chi connectivity index (χ0v) is 18.4. The summed E-state index contributed by atoms with van der Waals surface area (Å²) in [6.45, 7) is 4.20. The lowest BCUT2D eigenvalue weighted by Crippen LogP contribution is -2.30. The van der Waals surface area contributed by atoms with E-state index in [0.717, 1.165) is 21.4 Å². The van der Waals surface area contributed by atoms with E-state index in [0.29, 0.717) is 0 Å². The average molecular weight is 435 g/mol. The molecule has 1 N–H and O–H groups in total. The van der Waals surface area contributed by atoms with Gasteiger partial charge in [0.1, 0.15) is 11.0 Å². The van der Waals surface area contributed by atoms with Crippen LogP contribution in [0.1, 0.15) is 27.7 Å². The molecule has 2 aromatic heterocycles. The maximum atomic E-state index is 12.8. The van der Waals surface area contributed by atoms with Crippen LogP contribution in [-0.2, 0) is 4.79 Å². The molecule has 0 saturated heterocycles. The monoisotopic (exact) mass is 434 g/mol. The van der Waals surface area contributed by atoms with Gasteiger partial charge in [0.15, 0.2) is 5.16 Å². The van der Waals surface area contributed by atoms with Crippen LogP contribution < -0.4 is 5.32 Å². The van der Waals surface area contributed by atoms with Crippen molar-refractivity contribution < 1.29 is 4.79 Å². The molecule has 0 saturated carbocycles. The highest BCUT2D eigenvalue weighted by Gasteiger charge is 2.20. The second-order valence-electron chi connectivity index (χ2n) is 6.87. The molecule has 7 heteroatoms. The third kappa shape index (κ3) is 4.47. The van der Waals surface area contributed by atoms with E-state index >= 15 is 0 Å². The van der Waals surface area contributed by atoms with Gasteiger partial charge in [0.05, 0.1) is 11.4 Å². The lowest BCUT2D eigenvalue weighted by molar-refractivity contribution is -0.119. The number of carbonyl (C=O) groups is 1. The number of aryl methyl sites for hydroxylation is 1. The van der Waals surface area contributed by atoms with Gasteiger partial charge < -0.3 is 5.32 Å². The molecule has 2 aromatic carbocycles. The maximum Gasteiger partial charge on any atom is 0.231 e. The van der Waals surface area contributed by atoms with Crippen LogP contribution in [0.15, 0.2) is 77.7 Å². The number of hydrogen-bond donors (Lipinski definition) is 1. The molecule has 1 unspecified atom stereocenters. The first kappa shape index (κ1) is 20.4. The minimum absolute atomic E-state index is 0.0560. The molecule has 152 valence electrons. The van der Waals surface area contributed by atoms with Gasteiger partial charge in [0.2, 0.25) is 5.91 Å². The molecule has 0 fully saturated rings. The number of rotatable bonds is 7. The van der Waals surface area contributed by atoms with Crippen LogP contribution in [0.5, 0.6) is 0 Å². The third-order valence-corrected chi connectivity index (χ3v) is 6.72. The molecule has 0 aliphatic rings. The summed E-state index contributed by atoms with van der Waals surface area (Å²) in [5.74, 6) is 0.218. The number of thiazole rings is 1. The number of nitrogens with zero attached hydrogens (tertiary/aromatic N) is 3. The van der Waals surface area contributed by atoms with Gasteiger partial charge in [-0.15, -0.1) is 11.3 Å². The Balaban J connectivity index is 1.48. The minimum Gasteiger partial charge on any atom is -0.342 e. The fourth-order valence-electron chi connectivity index (χ4n) is 3.22. The summed E-state index contributed by atoms with van der Waals surface area (Å²) >= 11 is 2.97. The van der Waals surface area contributed by atoms with Crippen molar-refractivity contribution in [2.75, 3.05) is 5.75 Å². The van der Waals surface area contributed by atoms with Crippen molar-refractivity contribution in [3.05, 3.63) is 94.2 Å². The van der Waals surface area contributed by atoms with Gasteiger partial charge in [-0.05, 0) is 36.6 Å². The number of imidazole rings is 1. The molecule has 0 radical (unpaired) electrons. The first-order valence-electron chi connectivity index (χ1n) is 9.60. The maximum absolute atomic E-state index is 12.8. The largest absolute Gasteiger partial charge is 0.342 e. The number of aromatic nitrogens is 3. The van der Waals surface area contributed by atoms with Crippen molar-refractivity contribution in [2.24, 2.45) is 0 Å². The highest BCUT2D eigenvalue weighted by Crippen LogP contribution is 2.26. The van der Waals surface area contributed by atoms with E-state index in [9.17, 15) is 4.79 Å². The van der Waals surface area contributed by atoms with E-state index in [1.165, 1.54) is 34.2 Å². The number of nitrogens with one attached hydrogen (secondary N) is 1. The highest BCUT2D eigenvalue weighted by molar-refractivity contribution is 7.99. The number of hydrogen-bond acceptors (Lipinski definition) is 5. The summed E-state index contributed by atoms with van der Waals surface area (Å²) in [5, 5.41) is 6.72. The van der Waals surface area contributed by atoms with E-state index in [2.05, 4.69) is 41.3 Å². The van der Waals surface area contributed by atoms with Crippen LogP contribution in [0.4, 0.5) is 0 Å². The molecule has 5 nitrogen and oxygen atoms in total. The summed E-state index contributed by atoms with van der Waals surface area (Å²) in [4.78, 5) is 21.7. The normalized spacial score (nSPS) is 11.9. The minimum atomic E-state index is -0.252. The molecule has 0 bridgehead atoms. The van der Waals surface area contributed by atoms with E-state index in [-0.39, 0.29) is 17.7 Å². The van der Waals surface area contributed by atoms with Crippen molar-refractivity contribution >= 4 is 29.0 Å². The standard InChI is InChI=1S/C23H22N4OS2/c1-16-7-6-10-19(17(16)2)27-13-11-25-23(27)30-15-20(28)26-21(22-24-12-14-29-22)18-8-4-3-5-9-18/h3-14,21H,15H2,1-2H3,(H,26,28). The second kappa shape index (κ2) is 9.28. The third-order valence-electron chi connectivity index (χ3n) is 4.91. The molecule has 4 rings (SSSR count). The van der Waals surface area contributed by atoms with Crippen LogP contribution in [-0.4, -0.2) is 26.2 Å². The van der Waals surface area contributed by atoms with Crippen LogP contribution in [0.25, 0.3) is 5.69 Å². The lowest BCUT2D eigenvalue weighted by Gasteiger charge is -2.17. The zero-order valence-electron chi connectivity index (χ0n) is 16.8. The quantitative estimate of drug-likeness (QED) is 0.419.